The third-order valence-corrected chi connectivity index (χ3v) is 1.96. The first kappa shape index (κ1) is 8.97. The van der Waals surface area contributed by atoms with Gasteiger partial charge in [-0.2, -0.15) is 0 Å². The van der Waals surface area contributed by atoms with E-state index in [1.54, 1.807) is 0 Å². The summed E-state index contributed by atoms with van der Waals surface area (Å²) < 4.78 is 5.49. The van der Waals surface area contributed by atoms with Gasteiger partial charge in [0.1, 0.15) is 0 Å². The zero-order chi connectivity index (χ0) is 8.10. The van der Waals surface area contributed by atoms with Gasteiger partial charge in [-0.25, -0.2) is 0 Å². The van der Waals surface area contributed by atoms with Gasteiger partial charge in [-0.1, -0.05) is 0 Å². The van der Waals surface area contributed by atoms with Crippen molar-refractivity contribution < 1.29 is 4.74 Å². The lowest BCUT2D eigenvalue weighted by atomic mass is 10.1. The molecule has 1 atom stereocenters. The molecular formula is C8H18N2O. The van der Waals surface area contributed by atoms with E-state index in [0.717, 1.165) is 32.7 Å². The second-order valence-corrected chi connectivity index (χ2v) is 3.31. The summed E-state index contributed by atoms with van der Waals surface area (Å²) in [4.78, 5) is 2.20. The highest BCUT2D eigenvalue weighted by Crippen LogP contribution is 2.06. The Morgan fingerprint density at radius 3 is 2.91 bits per heavy atom. The fourth-order valence-corrected chi connectivity index (χ4v) is 1.23. The Bertz CT molecular complexity index is 100. The summed E-state index contributed by atoms with van der Waals surface area (Å²) >= 11 is 0. The first-order valence-corrected chi connectivity index (χ1v) is 4.26. The van der Waals surface area contributed by atoms with Crippen LogP contribution in [0.25, 0.3) is 0 Å². The van der Waals surface area contributed by atoms with E-state index in [1.165, 1.54) is 0 Å². The van der Waals surface area contributed by atoms with Gasteiger partial charge in [0.05, 0.1) is 12.8 Å². The SMILES string of the molecule is CN(C)CCC1CCNCO1. The molecule has 1 fully saturated rings. The summed E-state index contributed by atoms with van der Waals surface area (Å²) in [7, 11) is 4.20. The van der Waals surface area contributed by atoms with E-state index in [9.17, 15) is 0 Å². The second-order valence-electron chi connectivity index (χ2n) is 3.31. The molecule has 1 aliphatic heterocycles. The molecule has 1 rings (SSSR count). The Balaban J connectivity index is 2.05. The van der Waals surface area contributed by atoms with Crippen molar-refractivity contribution in [3.05, 3.63) is 0 Å². The molecule has 1 aliphatic rings. The monoisotopic (exact) mass is 158 g/mol. The number of rotatable bonds is 3. The van der Waals surface area contributed by atoms with Crippen LogP contribution >= 0.6 is 0 Å². The first-order chi connectivity index (χ1) is 5.29. The number of hydrogen-bond acceptors (Lipinski definition) is 3. The number of hydrogen-bond donors (Lipinski definition) is 1. The Morgan fingerprint density at radius 2 is 2.36 bits per heavy atom. The van der Waals surface area contributed by atoms with Crippen molar-refractivity contribution in [3.63, 3.8) is 0 Å². The van der Waals surface area contributed by atoms with E-state index >= 15 is 0 Å². The predicted octanol–water partition coefficient (Wildman–Crippen LogP) is 0.274. The van der Waals surface area contributed by atoms with Crippen LogP contribution in [-0.2, 0) is 4.74 Å². The zero-order valence-electron chi connectivity index (χ0n) is 7.47. The second kappa shape index (κ2) is 4.70. The number of ether oxygens (including phenoxy) is 1. The normalized spacial score (nSPS) is 25.9. The van der Waals surface area contributed by atoms with E-state index < -0.39 is 0 Å². The lowest BCUT2D eigenvalue weighted by molar-refractivity contribution is -0.000411. The topological polar surface area (TPSA) is 24.5 Å². The summed E-state index contributed by atoms with van der Waals surface area (Å²) in [6.07, 6.45) is 2.81. The maximum absolute atomic E-state index is 5.49. The molecule has 0 aromatic carbocycles. The smallest absolute Gasteiger partial charge is 0.0969 e. The maximum atomic E-state index is 5.49. The molecule has 0 radical (unpaired) electrons. The summed E-state index contributed by atoms with van der Waals surface area (Å²) in [6, 6.07) is 0. The van der Waals surface area contributed by atoms with Crippen molar-refractivity contribution in [2.45, 2.75) is 18.9 Å². The van der Waals surface area contributed by atoms with Crippen molar-refractivity contribution in [2.24, 2.45) is 0 Å². The summed E-state index contributed by atoms with van der Waals surface area (Å²) in [5.41, 5.74) is 0. The average molecular weight is 158 g/mol. The molecule has 0 aliphatic carbocycles. The van der Waals surface area contributed by atoms with Crippen molar-refractivity contribution in [2.75, 3.05) is 33.9 Å². The van der Waals surface area contributed by atoms with Crippen LogP contribution in [0.3, 0.4) is 0 Å². The molecule has 0 spiro atoms. The van der Waals surface area contributed by atoms with Crippen molar-refractivity contribution in [1.82, 2.24) is 10.2 Å². The number of nitrogens with zero attached hydrogens (tertiary/aromatic N) is 1. The lowest BCUT2D eigenvalue weighted by Gasteiger charge is -2.24. The van der Waals surface area contributed by atoms with Gasteiger partial charge in [0.25, 0.3) is 0 Å². The van der Waals surface area contributed by atoms with Gasteiger partial charge < -0.3 is 9.64 Å². The van der Waals surface area contributed by atoms with Crippen LogP contribution in [0.15, 0.2) is 0 Å². The largest absolute Gasteiger partial charge is 0.363 e. The molecule has 0 saturated carbocycles. The van der Waals surface area contributed by atoms with E-state index in [1.807, 2.05) is 0 Å². The Hall–Kier alpha value is -0.120. The molecule has 0 aromatic rings. The summed E-state index contributed by atoms with van der Waals surface area (Å²) in [5, 5.41) is 3.17. The summed E-state index contributed by atoms with van der Waals surface area (Å²) in [6.45, 7) is 2.97. The van der Waals surface area contributed by atoms with E-state index in [-0.39, 0.29) is 0 Å². The van der Waals surface area contributed by atoms with Crippen LogP contribution < -0.4 is 5.32 Å². The minimum absolute atomic E-state index is 0.485. The molecule has 3 heteroatoms. The van der Waals surface area contributed by atoms with E-state index in [2.05, 4.69) is 24.3 Å². The van der Waals surface area contributed by atoms with Gasteiger partial charge >= 0.3 is 0 Å². The highest BCUT2D eigenvalue weighted by Gasteiger charge is 2.12. The van der Waals surface area contributed by atoms with Crippen molar-refractivity contribution in [1.29, 1.82) is 0 Å². The van der Waals surface area contributed by atoms with Crippen LogP contribution in [0.5, 0.6) is 0 Å². The van der Waals surface area contributed by atoms with Gasteiger partial charge in [0.2, 0.25) is 0 Å². The van der Waals surface area contributed by atoms with Crippen LogP contribution in [0, 0.1) is 0 Å². The highest BCUT2D eigenvalue weighted by molar-refractivity contribution is 4.64. The number of nitrogens with one attached hydrogen (secondary N) is 1. The lowest BCUT2D eigenvalue weighted by Crippen LogP contribution is -2.35. The molecule has 66 valence electrons. The fourth-order valence-electron chi connectivity index (χ4n) is 1.23. The molecule has 11 heavy (non-hydrogen) atoms. The molecule has 1 unspecified atom stereocenters. The van der Waals surface area contributed by atoms with Gasteiger partial charge in [-0.05, 0) is 40.0 Å². The maximum Gasteiger partial charge on any atom is 0.0969 e. The molecule has 1 saturated heterocycles. The van der Waals surface area contributed by atoms with E-state index in [4.69, 9.17) is 4.74 Å². The van der Waals surface area contributed by atoms with E-state index in [0.29, 0.717) is 6.10 Å². The van der Waals surface area contributed by atoms with Gasteiger partial charge in [0, 0.05) is 0 Å². The molecule has 1 heterocycles. The molecule has 3 nitrogen and oxygen atoms in total. The molecular weight excluding hydrogens is 140 g/mol. The van der Waals surface area contributed by atoms with Crippen LogP contribution in [0.1, 0.15) is 12.8 Å². The van der Waals surface area contributed by atoms with Crippen molar-refractivity contribution >= 4 is 0 Å². The molecule has 0 bridgehead atoms. The van der Waals surface area contributed by atoms with Gasteiger partial charge in [-0.3, -0.25) is 5.32 Å². The Kier molecular flexibility index (Phi) is 3.83. The minimum atomic E-state index is 0.485. The predicted molar refractivity (Wildman–Crippen MR) is 45.5 cm³/mol. The quantitative estimate of drug-likeness (QED) is 0.638. The zero-order valence-corrected chi connectivity index (χ0v) is 7.47. The minimum Gasteiger partial charge on any atom is -0.363 e. The highest BCUT2D eigenvalue weighted by atomic mass is 16.5. The molecule has 1 N–H and O–H groups in total. The molecule has 0 amide bonds. The fraction of sp³-hybridized carbons (Fsp3) is 1.00. The van der Waals surface area contributed by atoms with Gasteiger partial charge in [0.15, 0.2) is 0 Å². The summed E-state index contributed by atoms with van der Waals surface area (Å²) in [5.74, 6) is 0. The first-order valence-electron chi connectivity index (χ1n) is 4.26. The molecule has 0 aromatic heterocycles. The van der Waals surface area contributed by atoms with Crippen LogP contribution in [0.2, 0.25) is 0 Å². The standard InChI is InChI=1S/C8H18N2O/c1-10(2)6-4-8-3-5-9-7-11-8/h8-9H,3-7H2,1-2H3. The Morgan fingerprint density at radius 1 is 1.55 bits per heavy atom. The Labute approximate surface area is 68.7 Å². The van der Waals surface area contributed by atoms with Gasteiger partial charge in [-0.15, -0.1) is 0 Å². The average Bonchev–Trinajstić information content (AvgIpc) is 2.03. The van der Waals surface area contributed by atoms with Crippen LogP contribution in [0.4, 0.5) is 0 Å². The van der Waals surface area contributed by atoms with Crippen LogP contribution in [-0.4, -0.2) is 44.9 Å². The third kappa shape index (κ3) is 3.70. The third-order valence-electron chi connectivity index (χ3n) is 1.96. The van der Waals surface area contributed by atoms with Crippen molar-refractivity contribution in [3.8, 4) is 0 Å².